The number of nitrogens with zero attached hydrogens (tertiary/aromatic N) is 1. The Kier molecular flexibility index (Phi) is 6.71. The van der Waals surface area contributed by atoms with E-state index in [0.29, 0.717) is 18.0 Å². The van der Waals surface area contributed by atoms with Gasteiger partial charge in [-0.15, -0.1) is 0 Å². The number of ether oxygens (including phenoxy) is 2. The van der Waals surface area contributed by atoms with Crippen LogP contribution in [0, 0.1) is 0 Å². The number of likely N-dealkylation sites (tertiary alicyclic amines) is 1. The van der Waals surface area contributed by atoms with Crippen LogP contribution in [0.5, 0.6) is 11.5 Å². The van der Waals surface area contributed by atoms with Crippen LogP contribution in [-0.2, 0) is 17.9 Å². The maximum Gasteiger partial charge on any atom is 0.261 e. The molecule has 1 aliphatic rings. The van der Waals surface area contributed by atoms with Crippen LogP contribution in [0.3, 0.4) is 0 Å². The number of hydrogen-bond donors (Lipinski definition) is 1. The highest BCUT2D eigenvalue weighted by Crippen LogP contribution is 2.20. The van der Waals surface area contributed by atoms with Gasteiger partial charge in [-0.3, -0.25) is 9.69 Å². The largest absolute Gasteiger partial charge is 0.497 e. The molecule has 5 heteroatoms. The third kappa shape index (κ3) is 5.73. The van der Waals surface area contributed by atoms with Crippen molar-refractivity contribution in [3.8, 4) is 11.5 Å². The van der Waals surface area contributed by atoms with E-state index >= 15 is 0 Å². The first-order valence-corrected chi connectivity index (χ1v) is 9.52. The van der Waals surface area contributed by atoms with Gasteiger partial charge in [0.1, 0.15) is 11.5 Å². The van der Waals surface area contributed by atoms with Crippen molar-refractivity contribution < 1.29 is 14.3 Å². The topological polar surface area (TPSA) is 50.8 Å². The van der Waals surface area contributed by atoms with Gasteiger partial charge in [-0.25, -0.2) is 0 Å². The van der Waals surface area contributed by atoms with Gasteiger partial charge in [0.25, 0.3) is 5.91 Å². The molecule has 0 radical (unpaired) electrons. The third-order valence-corrected chi connectivity index (χ3v) is 4.79. The fourth-order valence-electron chi connectivity index (χ4n) is 3.30. The standard InChI is InChI=1S/C22H28N2O3/c1-17(27-21-10-6-9-20(14-21)26-2)22(25)23-15-18-7-5-8-19(13-18)16-24-11-3-4-12-24/h5-10,13-14,17H,3-4,11-12,15-16H2,1-2H3,(H,23,25). The summed E-state index contributed by atoms with van der Waals surface area (Å²) in [5.74, 6) is 1.18. The summed E-state index contributed by atoms with van der Waals surface area (Å²) in [5, 5.41) is 2.96. The monoisotopic (exact) mass is 368 g/mol. The summed E-state index contributed by atoms with van der Waals surface area (Å²) in [5.41, 5.74) is 2.40. The fraction of sp³-hybridized carbons (Fsp3) is 0.409. The van der Waals surface area contributed by atoms with Crippen molar-refractivity contribution in [2.45, 2.75) is 39.0 Å². The molecular formula is C22H28N2O3. The summed E-state index contributed by atoms with van der Waals surface area (Å²) >= 11 is 0. The number of hydrogen-bond acceptors (Lipinski definition) is 4. The molecule has 0 aromatic heterocycles. The average molecular weight is 368 g/mol. The van der Waals surface area contributed by atoms with Crippen molar-refractivity contribution in [2.75, 3.05) is 20.2 Å². The predicted octanol–water partition coefficient (Wildman–Crippen LogP) is 3.37. The Morgan fingerprint density at radius 2 is 1.78 bits per heavy atom. The Labute approximate surface area is 161 Å². The fourth-order valence-corrected chi connectivity index (χ4v) is 3.30. The highest BCUT2D eigenvalue weighted by molar-refractivity contribution is 5.80. The number of benzene rings is 2. The lowest BCUT2D eigenvalue weighted by Gasteiger charge is -2.17. The van der Waals surface area contributed by atoms with Crippen LogP contribution < -0.4 is 14.8 Å². The SMILES string of the molecule is COc1cccc(OC(C)C(=O)NCc2cccc(CN3CCCC3)c2)c1. The lowest BCUT2D eigenvalue weighted by atomic mass is 10.1. The first kappa shape index (κ1) is 19.2. The second-order valence-electron chi connectivity index (χ2n) is 6.96. The zero-order valence-corrected chi connectivity index (χ0v) is 16.1. The van der Waals surface area contributed by atoms with Crippen molar-refractivity contribution in [1.29, 1.82) is 0 Å². The van der Waals surface area contributed by atoms with Crippen molar-refractivity contribution in [3.05, 3.63) is 59.7 Å². The minimum atomic E-state index is -0.579. The molecular weight excluding hydrogens is 340 g/mol. The molecule has 1 fully saturated rings. The summed E-state index contributed by atoms with van der Waals surface area (Å²) in [6, 6.07) is 15.7. The average Bonchev–Trinajstić information content (AvgIpc) is 3.19. The van der Waals surface area contributed by atoms with E-state index in [1.165, 1.54) is 31.5 Å². The van der Waals surface area contributed by atoms with Gasteiger partial charge in [0.05, 0.1) is 7.11 Å². The van der Waals surface area contributed by atoms with Crippen molar-refractivity contribution in [3.63, 3.8) is 0 Å². The number of methoxy groups -OCH3 is 1. The van der Waals surface area contributed by atoms with Gasteiger partial charge < -0.3 is 14.8 Å². The van der Waals surface area contributed by atoms with Crippen LogP contribution in [0.25, 0.3) is 0 Å². The van der Waals surface area contributed by atoms with Gasteiger partial charge in [-0.1, -0.05) is 30.3 Å². The van der Waals surface area contributed by atoms with Gasteiger partial charge in [0, 0.05) is 19.2 Å². The summed E-state index contributed by atoms with van der Waals surface area (Å²) in [4.78, 5) is 14.8. The van der Waals surface area contributed by atoms with E-state index in [-0.39, 0.29) is 5.91 Å². The maximum absolute atomic E-state index is 12.4. The first-order chi connectivity index (χ1) is 13.1. The smallest absolute Gasteiger partial charge is 0.261 e. The Morgan fingerprint density at radius 1 is 1.07 bits per heavy atom. The molecule has 1 atom stereocenters. The van der Waals surface area contributed by atoms with Gasteiger partial charge in [0.15, 0.2) is 6.10 Å². The van der Waals surface area contributed by atoms with Crippen LogP contribution in [-0.4, -0.2) is 37.1 Å². The molecule has 2 aromatic rings. The highest BCUT2D eigenvalue weighted by atomic mass is 16.5. The van der Waals surface area contributed by atoms with E-state index in [9.17, 15) is 4.79 Å². The summed E-state index contributed by atoms with van der Waals surface area (Å²) < 4.78 is 10.9. The van der Waals surface area contributed by atoms with Crippen LogP contribution >= 0.6 is 0 Å². The maximum atomic E-state index is 12.4. The van der Waals surface area contributed by atoms with Gasteiger partial charge in [-0.05, 0) is 56.1 Å². The lowest BCUT2D eigenvalue weighted by Crippen LogP contribution is -2.35. The van der Waals surface area contributed by atoms with E-state index < -0.39 is 6.10 Å². The molecule has 2 aromatic carbocycles. The van der Waals surface area contributed by atoms with E-state index in [2.05, 4.69) is 28.4 Å². The molecule has 27 heavy (non-hydrogen) atoms. The molecule has 1 N–H and O–H groups in total. The molecule has 144 valence electrons. The minimum Gasteiger partial charge on any atom is -0.497 e. The van der Waals surface area contributed by atoms with E-state index in [4.69, 9.17) is 9.47 Å². The molecule has 1 heterocycles. The second-order valence-corrected chi connectivity index (χ2v) is 6.96. The van der Waals surface area contributed by atoms with E-state index in [1.54, 1.807) is 20.1 Å². The number of rotatable bonds is 8. The summed E-state index contributed by atoms with van der Waals surface area (Å²) in [6.45, 7) is 5.59. The molecule has 0 spiro atoms. The predicted molar refractivity (Wildman–Crippen MR) is 106 cm³/mol. The zero-order chi connectivity index (χ0) is 19.1. The molecule has 3 rings (SSSR count). The zero-order valence-electron chi connectivity index (χ0n) is 16.1. The number of amides is 1. The van der Waals surface area contributed by atoms with Crippen LogP contribution in [0.4, 0.5) is 0 Å². The molecule has 1 saturated heterocycles. The number of carbonyl (C=O) groups excluding carboxylic acids is 1. The molecule has 0 bridgehead atoms. The van der Waals surface area contributed by atoms with Crippen molar-refractivity contribution in [1.82, 2.24) is 10.2 Å². The van der Waals surface area contributed by atoms with Crippen molar-refractivity contribution >= 4 is 5.91 Å². The third-order valence-electron chi connectivity index (χ3n) is 4.79. The summed E-state index contributed by atoms with van der Waals surface area (Å²) in [7, 11) is 1.60. The van der Waals surface area contributed by atoms with E-state index in [1.807, 2.05) is 24.3 Å². The van der Waals surface area contributed by atoms with Gasteiger partial charge in [-0.2, -0.15) is 0 Å². The minimum absolute atomic E-state index is 0.136. The molecule has 0 aliphatic carbocycles. The number of nitrogens with one attached hydrogen (secondary N) is 1. The van der Waals surface area contributed by atoms with Crippen LogP contribution in [0.15, 0.2) is 48.5 Å². The molecule has 0 saturated carbocycles. The second kappa shape index (κ2) is 9.42. The first-order valence-electron chi connectivity index (χ1n) is 9.52. The van der Waals surface area contributed by atoms with Crippen molar-refractivity contribution in [2.24, 2.45) is 0 Å². The molecule has 5 nitrogen and oxygen atoms in total. The highest BCUT2D eigenvalue weighted by Gasteiger charge is 2.15. The van der Waals surface area contributed by atoms with E-state index in [0.717, 1.165) is 12.1 Å². The normalized spacial score (nSPS) is 15.3. The van der Waals surface area contributed by atoms with Crippen LogP contribution in [0.2, 0.25) is 0 Å². The van der Waals surface area contributed by atoms with Crippen LogP contribution in [0.1, 0.15) is 30.9 Å². The van der Waals surface area contributed by atoms with Gasteiger partial charge in [0.2, 0.25) is 0 Å². The Bertz CT molecular complexity index is 757. The molecule has 1 unspecified atom stereocenters. The number of carbonyl (C=O) groups is 1. The Balaban J connectivity index is 1.50. The Hall–Kier alpha value is -2.53. The Morgan fingerprint density at radius 3 is 2.56 bits per heavy atom. The quantitative estimate of drug-likeness (QED) is 0.776. The lowest BCUT2D eigenvalue weighted by molar-refractivity contribution is -0.127. The van der Waals surface area contributed by atoms with Gasteiger partial charge >= 0.3 is 0 Å². The summed E-state index contributed by atoms with van der Waals surface area (Å²) in [6.07, 6.45) is 2.01. The molecule has 1 amide bonds. The molecule has 1 aliphatic heterocycles.